The molecule has 4 nitrogen and oxygen atoms in total. The Morgan fingerprint density at radius 2 is 0.857 bits per heavy atom. The third kappa shape index (κ3) is 35.3. The van der Waals surface area contributed by atoms with Gasteiger partial charge in [-0.1, -0.05) is 110 Å². The Labute approximate surface area is 221 Å². The van der Waals surface area contributed by atoms with Gasteiger partial charge in [-0.2, -0.15) is 6.54 Å². The molecule has 0 radical (unpaired) electrons. The van der Waals surface area contributed by atoms with Crippen LogP contribution in [0.5, 0.6) is 0 Å². The number of nitrogens with one attached hydrogen (secondary N) is 1. The van der Waals surface area contributed by atoms with E-state index in [1.54, 1.807) is 0 Å². The van der Waals surface area contributed by atoms with Gasteiger partial charge >= 0.3 is 59.1 Å². The zero-order chi connectivity index (χ0) is 20.1. The fourth-order valence-corrected chi connectivity index (χ4v) is 2.67. The minimum absolute atomic E-state index is 0. The van der Waals surface area contributed by atoms with Crippen molar-refractivity contribution in [3.8, 4) is 0 Å². The van der Waals surface area contributed by atoms with E-state index < -0.39 is 15.4 Å². The molecule has 0 aliphatic carbocycles. The van der Waals surface area contributed by atoms with Crippen LogP contribution in [0.15, 0.2) is 0 Å². The quantitative estimate of drug-likeness (QED) is 0.195. The summed E-state index contributed by atoms with van der Waals surface area (Å²) >= 11 is 0. The molecule has 0 aliphatic rings. The van der Waals surface area contributed by atoms with Crippen LogP contribution < -0.4 is 59.1 Å². The second-order valence-corrected chi connectivity index (χ2v) is 9.52. The van der Waals surface area contributed by atoms with Gasteiger partial charge in [-0.15, -0.1) is 0 Å². The molecule has 0 bridgehead atoms. The minimum atomic E-state index is -3.99. The van der Waals surface area contributed by atoms with E-state index in [4.69, 9.17) is 5.73 Å². The molecule has 0 atom stereocenters. The second kappa shape index (κ2) is 28.9. The maximum atomic E-state index is 9.78. The van der Waals surface area contributed by atoms with Crippen molar-refractivity contribution in [1.29, 1.82) is 0 Å². The summed E-state index contributed by atoms with van der Waals surface area (Å²) in [5.41, 5.74) is 7.08. The molecular formula is C21H45NNa2O3S. The molecule has 0 spiro atoms. The molecule has 0 aliphatic heterocycles. The Bertz CT molecular complexity index is 351. The number of hydrogen-bond donors (Lipinski definition) is 0. The fourth-order valence-electron chi connectivity index (χ4n) is 2.67. The second-order valence-electron chi connectivity index (χ2n) is 7.59. The maximum Gasteiger partial charge on any atom is 1.00 e. The van der Waals surface area contributed by atoms with Gasteiger partial charge in [-0.05, 0) is 13.8 Å². The maximum absolute atomic E-state index is 9.78. The molecule has 7 heteroatoms. The van der Waals surface area contributed by atoms with Gasteiger partial charge in [0, 0.05) is 5.25 Å². The summed E-state index contributed by atoms with van der Waals surface area (Å²) in [6.45, 7) is 5.61. The average molecular weight is 438 g/mol. The first-order valence-electron chi connectivity index (χ1n) is 11.0. The zero-order valence-corrected chi connectivity index (χ0v) is 24.5. The summed E-state index contributed by atoms with van der Waals surface area (Å²) in [5, 5.41) is -0.785. The van der Waals surface area contributed by atoms with Gasteiger partial charge in [0.2, 0.25) is 0 Å². The van der Waals surface area contributed by atoms with Gasteiger partial charge in [-0.25, -0.2) is 8.42 Å². The van der Waals surface area contributed by atoms with E-state index in [0.717, 1.165) is 6.42 Å². The molecule has 160 valence electrons. The molecule has 0 unspecified atom stereocenters. The molecule has 0 saturated heterocycles. The van der Waals surface area contributed by atoms with E-state index in [-0.39, 0.29) is 59.1 Å². The van der Waals surface area contributed by atoms with E-state index in [2.05, 4.69) is 6.92 Å². The van der Waals surface area contributed by atoms with Gasteiger partial charge in [0.1, 0.15) is 0 Å². The summed E-state index contributed by atoms with van der Waals surface area (Å²) in [6, 6.07) is 0. The van der Waals surface area contributed by atoms with E-state index in [0.29, 0.717) is 6.54 Å². The summed E-state index contributed by atoms with van der Waals surface area (Å²) in [4.78, 5) is 0. The molecule has 1 N–H and O–H groups in total. The SMILES string of the molecule is CC(C)S(=O)(=O)[O-].CCCCCCCCCCCCCCCCCC[NH-].[Na+].[Na+]. The van der Waals surface area contributed by atoms with Gasteiger partial charge < -0.3 is 10.3 Å². The Balaban J connectivity index is -0.000000274. The Morgan fingerprint density at radius 1 is 0.643 bits per heavy atom. The third-order valence-electron chi connectivity index (χ3n) is 4.61. The minimum Gasteiger partial charge on any atom is -0.748 e. The Morgan fingerprint density at radius 3 is 1.04 bits per heavy atom. The van der Waals surface area contributed by atoms with Crippen LogP contribution in [-0.4, -0.2) is 24.8 Å². The summed E-state index contributed by atoms with van der Waals surface area (Å²) in [6.07, 6.45) is 22.5. The normalized spacial score (nSPS) is 10.6. The molecule has 0 heterocycles. The van der Waals surface area contributed by atoms with Crippen LogP contribution in [0, 0.1) is 0 Å². The summed E-state index contributed by atoms with van der Waals surface area (Å²) < 4.78 is 29.3. The molecule has 28 heavy (non-hydrogen) atoms. The van der Waals surface area contributed by atoms with Gasteiger partial charge in [-0.3, -0.25) is 0 Å². The van der Waals surface area contributed by atoms with Crippen molar-refractivity contribution in [1.82, 2.24) is 0 Å². The van der Waals surface area contributed by atoms with Crippen molar-refractivity contribution in [2.45, 2.75) is 129 Å². The molecule has 0 aromatic rings. The molecule has 0 aromatic carbocycles. The van der Waals surface area contributed by atoms with Crippen LogP contribution in [0.2, 0.25) is 0 Å². The predicted octanol–water partition coefficient (Wildman–Crippen LogP) is 1.25. The Hall–Kier alpha value is 1.87. The first-order valence-corrected chi connectivity index (χ1v) is 12.4. The van der Waals surface area contributed by atoms with Crippen molar-refractivity contribution in [2.24, 2.45) is 0 Å². The number of unbranched alkanes of at least 4 members (excludes halogenated alkanes) is 15. The molecule has 0 fully saturated rings. The van der Waals surface area contributed by atoms with Crippen LogP contribution in [0.4, 0.5) is 0 Å². The van der Waals surface area contributed by atoms with E-state index >= 15 is 0 Å². The van der Waals surface area contributed by atoms with Crippen molar-refractivity contribution in [3.05, 3.63) is 5.73 Å². The van der Waals surface area contributed by atoms with Crippen LogP contribution in [0.25, 0.3) is 5.73 Å². The summed E-state index contributed by atoms with van der Waals surface area (Å²) in [5.74, 6) is 0. The van der Waals surface area contributed by atoms with Crippen molar-refractivity contribution < 1.29 is 72.1 Å². The van der Waals surface area contributed by atoms with Crippen LogP contribution in [0.3, 0.4) is 0 Å². The Kier molecular flexibility index (Phi) is 38.4. The average Bonchev–Trinajstić information content (AvgIpc) is 2.58. The van der Waals surface area contributed by atoms with E-state index in [9.17, 15) is 13.0 Å². The van der Waals surface area contributed by atoms with Gasteiger partial charge in [0.25, 0.3) is 0 Å². The van der Waals surface area contributed by atoms with E-state index in [1.807, 2.05) is 0 Å². The monoisotopic (exact) mass is 437 g/mol. The molecular weight excluding hydrogens is 392 g/mol. The molecule has 0 aromatic heterocycles. The van der Waals surface area contributed by atoms with Crippen molar-refractivity contribution in [3.63, 3.8) is 0 Å². The van der Waals surface area contributed by atoms with Crippen molar-refractivity contribution in [2.75, 3.05) is 6.54 Å². The smallest absolute Gasteiger partial charge is 0.748 e. The molecule has 0 amide bonds. The molecule has 0 saturated carbocycles. The number of rotatable bonds is 17. The van der Waals surface area contributed by atoms with Crippen molar-refractivity contribution >= 4 is 10.1 Å². The standard InChI is InChI=1S/C18H38N.C3H8O3S.2Na/c1-2-3-4-5-6-7-8-9-10-11-12-13-14-15-16-17-18-19;1-3(2)7(4,5)6;;/h19H,2-18H2,1H3;3H,1-2H3,(H,4,5,6);;/q-1;;2*+1/p-1. The van der Waals surface area contributed by atoms with Gasteiger partial charge in [0.15, 0.2) is 0 Å². The number of hydrogen-bond acceptors (Lipinski definition) is 3. The first-order chi connectivity index (χ1) is 12.4. The van der Waals surface area contributed by atoms with Crippen LogP contribution in [-0.2, 0) is 10.1 Å². The fraction of sp³-hybridized carbons (Fsp3) is 1.00. The van der Waals surface area contributed by atoms with Crippen LogP contribution in [0.1, 0.15) is 124 Å². The first kappa shape index (κ1) is 37.2. The topological polar surface area (TPSA) is 81.0 Å². The molecule has 0 rings (SSSR count). The zero-order valence-electron chi connectivity index (χ0n) is 19.7. The third-order valence-corrected chi connectivity index (χ3v) is 5.76. The van der Waals surface area contributed by atoms with E-state index in [1.165, 1.54) is 110 Å². The predicted molar refractivity (Wildman–Crippen MR) is 114 cm³/mol. The summed E-state index contributed by atoms with van der Waals surface area (Å²) in [7, 11) is -3.99. The van der Waals surface area contributed by atoms with Gasteiger partial charge in [0.05, 0.1) is 10.1 Å². The largest absolute Gasteiger partial charge is 1.00 e. The van der Waals surface area contributed by atoms with Crippen LogP contribution >= 0.6 is 0 Å².